The number of hydrogen-bond donors (Lipinski definition) is 1. The van der Waals surface area contributed by atoms with Crippen molar-refractivity contribution in [1.29, 1.82) is 0 Å². The highest BCUT2D eigenvalue weighted by atomic mass is 35.5. The van der Waals surface area contributed by atoms with Gasteiger partial charge in [0.1, 0.15) is 17.6 Å². The van der Waals surface area contributed by atoms with Gasteiger partial charge in [-0.05, 0) is 38.1 Å². The van der Waals surface area contributed by atoms with Gasteiger partial charge < -0.3 is 14.8 Å². The van der Waals surface area contributed by atoms with Crippen molar-refractivity contribution in [3.8, 4) is 11.5 Å². The fourth-order valence-corrected chi connectivity index (χ4v) is 3.25. The highest BCUT2D eigenvalue weighted by Gasteiger charge is 2.22. The van der Waals surface area contributed by atoms with Crippen LogP contribution >= 0.6 is 23.2 Å². The van der Waals surface area contributed by atoms with E-state index in [0.717, 1.165) is 29.0 Å². The molecule has 1 aliphatic heterocycles. The summed E-state index contributed by atoms with van der Waals surface area (Å²) in [6, 6.07) is 8.91. The van der Waals surface area contributed by atoms with Crippen molar-refractivity contribution in [1.82, 2.24) is 5.32 Å². The zero-order chi connectivity index (χ0) is 18.0. The number of benzene rings is 2. The van der Waals surface area contributed by atoms with E-state index < -0.39 is 0 Å². The third-order valence-corrected chi connectivity index (χ3v) is 4.83. The van der Waals surface area contributed by atoms with Crippen LogP contribution < -0.4 is 14.8 Å². The standard InChI is InChI=1S/C19H19Cl2NO3/c1-3-24-16-8-12-7-11(2)25-17(12)9-13(16)10-22-19(23)14-5-4-6-15(20)18(14)21/h4-6,8-9,11H,3,7,10H2,1-2H3,(H,22,23)/t11-/m1/s1. The maximum Gasteiger partial charge on any atom is 0.253 e. The van der Waals surface area contributed by atoms with E-state index in [0.29, 0.717) is 23.7 Å². The number of halogens is 2. The lowest BCUT2D eigenvalue weighted by Crippen LogP contribution is -2.23. The molecule has 0 bridgehead atoms. The molecule has 0 unspecified atom stereocenters. The van der Waals surface area contributed by atoms with Crippen LogP contribution in [-0.4, -0.2) is 18.6 Å². The average Bonchev–Trinajstić information content (AvgIpc) is 2.94. The van der Waals surface area contributed by atoms with Crippen molar-refractivity contribution < 1.29 is 14.3 Å². The Kier molecular flexibility index (Phi) is 5.40. The topological polar surface area (TPSA) is 47.6 Å². The monoisotopic (exact) mass is 379 g/mol. The second-order valence-electron chi connectivity index (χ2n) is 5.92. The number of rotatable bonds is 5. The number of hydrogen-bond acceptors (Lipinski definition) is 3. The average molecular weight is 380 g/mol. The summed E-state index contributed by atoms with van der Waals surface area (Å²) < 4.78 is 11.5. The van der Waals surface area contributed by atoms with E-state index in [1.165, 1.54) is 0 Å². The number of carbonyl (C=O) groups excluding carboxylic acids is 1. The Morgan fingerprint density at radius 2 is 2.16 bits per heavy atom. The quantitative estimate of drug-likeness (QED) is 0.822. The van der Waals surface area contributed by atoms with E-state index in [1.807, 2.05) is 26.0 Å². The first-order chi connectivity index (χ1) is 12.0. The van der Waals surface area contributed by atoms with Crippen LogP contribution in [0.4, 0.5) is 0 Å². The van der Waals surface area contributed by atoms with Crippen LogP contribution in [0, 0.1) is 0 Å². The minimum Gasteiger partial charge on any atom is -0.494 e. The zero-order valence-corrected chi connectivity index (χ0v) is 15.6. The molecule has 2 aromatic rings. The first-order valence-electron chi connectivity index (χ1n) is 8.17. The van der Waals surface area contributed by atoms with Gasteiger partial charge in [-0.3, -0.25) is 4.79 Å². The van der Waals surface area contributed by atoms with E-state index in [9.17, 15) is 4.79 Å². The maximum atomic E-state index is 12.4. The first kappa shape index (κ1) is 17.9. The van der Waals surface area contributed by atoms with E-state index in [2.05, 4.69) is 5.32 Å². The lowest BCUT2D eigenvalue weighted by molar-refractivity contribution is 0.0950. The molecule has 2 aromatic carbocycles. The van der Waals surface area contributed by atoms with Gasteiger partial charge in [-0.15, -0.1) is 0 Å². The zero-order valence-electron chi connectivity index (χ0n) is 14.1. The molecule has 3 rings (SSSR count). The Bertz CT molecular complexity index is 807. The molecular formula is C19H19Cl2NO3. The predicted octanol–water partition coefficient (Wildman–Crippen LogP) is 4.65. The van der Waals surface area contributed by atoms with E-state index in [1.54, 1.807) is 18.2 Å². The van der Waals surface area contributed by atoms with E-state index in [4.69, 9.17) is 32.7 Å². The van der Waals surface area contributed by atoms with Crippen LogP contribution in [0.3, 0.4) is 0 Å². The van der Waals surface area contributed by atoms with Crippen molar-refractivity contribution in [3.63, 3.8) is 0 Å². The summed E-state index contributed by atoms with van der Waals surface area (Å²) in [5.41, 5.74) is 2.34. The number of ether oxygens (including phenoxy) is 2. The summed E-state index contributed by atoms with van der Waals surface area (Å²) in [5.74, 6) is 1.32. The van der Waals surface area contributed by atoms with Crippen LogP contribution in [0.1, 0.15) is 35.3 Å². The van der Waals surface area contributed by atoms with Gasteiger partial charge in [-0.1, -0.05) is 29.3 Å². The fraction of sp³-hybridized carbons (Fsp3) is 0.316. The summed E-state index contributed by atoms with van der Waals surface area (Å²) >= 11 is 12.1. The maximum absolute atomic E-state index is 12.4. The van der Waals surface area contributed by atoms with Crippen molar-refractivity contribution in [2.75, 3.05) is 6.61 Å². The fourth-order valence-electron chi connectivity index (χ4n) is 2.86. The molecule has 1 heterocycles. The molecular weight excluding hydrogens is 361 g/mol. The molecule has 1 amide bonds. The van der Waals surface area contributed by atoms with E-state index in [-0.39, 0.29) is 17.0 Å². The van der Waals surface area contributed by atoms with Crippen LogP contribution in [0.25, 0.3) is 0 Å². The van der Waals surface area contributed by atoms with Crippen LogP contribution in [0.2, 0.25) is 10.0 Å². The van der Waals surface area contributed by atoms with Crippen LogP contribution in [0.5, 0.6) is 11.5 Å². The number of carbonyl (C=O) groups is 1. The summed E-state index contributed by atoms with van der Waals surface area (Å²) in [4.78, 5) is 12.4. The second-order valence-corrected chi connectivity index (χ2v) is 6.70. The molecule has 1 N–H and O–H groups in total. The van der Waals surface area contributed by atoms with Crippen molar-refractivity contribution in [2.45, 2.75) is 32.9 Å². The lowest BCUT2D eigenvalue weighted by atomic mass is 10.1. The second kappa shape index (κ2) is 7.54. The molecule has 1 atom stereocenters. The summed E-state index contributed by atoms with van der Waals surface area (Å²) in [5, 5.41) is 3.47. The van der Waals surface area contributed by atoms with Gasteiger partial charge >= 0.3 is 0 Å². The summed E-state index contributed by atoms with van der Waals surface area (Å²) in [6.45, 7) is 4.82. The van der Waals surface area contributed by atoms with E-state index >= 15 is 0 Å². The molecule has 0 spiro atoms. The van der Waals surface area contributed by atoms with Gasteiger partial charge in [0, 0.05) is 24.1 Å². The summed E-state index contributed by atoms with van der Waals surface area (Å²) in [7, 11) is 0. The first-order valence-corrected chi connectivity index (χ1v) is 8.92. The third kappa shape index (κ3) is 3.86. The van der Waals surface area contributed by atoms with Crippen molar-refractivity contribution in [3.05, 3.63) is 57.1 Å². The minimum atomic E-state index is -0.287. The molecule has 0 saturated carbocycles. The lowest BCUT2D eigenvalue weighted by Gasteiger charge is -2.14. The van der Waals surface area contributed by atoms with Gasteiger partial charge in [0.2, 0.25) is 0 Å². The van der Waals surface area contributed by atoms with Gasteiger partial charge in [-0.25, -0.2) is 0 Å². The van der Waals surface area contributed by atoms with Gasteiger partial charge in [-0.2, -0.15) is 0 Å². The molecule has 0 aliphatic carbocycles. The Balaban J connectivity index is 1.79. The van der Waals surface area contributed by atoms with Crippen molar-refractivity contribution >= 4 is 29.1 Å². The Morgan fingerprint density at radius 1 is 1.36 bits per heavy atom. The molecule has 132 valence electrons. The van der Waals surface area contributed by atoms with Crippen molar-refractivity contribution in [2.24, 2.45) is 0 Å². The Labute approximate surface area is 157 Å². The van der Waals surface area contributed by atoms with Crippen LogP contribution in [-0.2, 0) is 13.0 Å². The molecule has 0 fully saturated rings. The van der Waals surface area contributed by atoms with Crippen LogP contribution in [0.15, 0.2) is 30.3 Å². The molecule has 1 aliphatic rings. The SMILES string of the molecule is CCOc1cc2c(cc1CNC(=O)c1cccc(Cl)c1Cl)O[C@H](C)C2. The predicted molar refractivity (Wildman–Crippen MR) is 99.0 cm³/mol. The van der Waals surface area contributed by atoms with Gasteiger partial charge in [0.25, 0.3) is 5.91 Å². The molecule has 0 saturated heterocycles. The highest BCUT2D eigenvalue weighted by molar-refractivity contribution is 6.43. The Morgan fingerprint density at radius 3 is 2.92 bits per heavy atom. The molecule has 4 nitrogen and oxygen atoms in total. The van der Waals surface area contributed by atoms with Gasteiger partial charge in [0.05, 0.1) is 22.2 Å². The number of fused-ring (bicyclic) bond motifs is 1. The number of amides is 1. The third-order valence-electron chi connectivity index (χ3n) is 4.01. The smallest absolute Gasteiger partial charge is 0.253 e. The largest absolute Gasteiger partial charge is 0.494 e. The highest BCUT2D eigenvalue weighted by Crippen LogP contribution is 2.35. The Hall–Kier alpha value is -1.91. The molecule has 25 heavy (non-hydrogen) atoms. The molecule has 6 heteroatoms. The summed E-state index contributed by atoms with van der Waals surface area (Å²) in [6.07, 6.45) is 1.01. The molecule has 0 radical (unpaired) electrons. The van der Waals surface area contributed by atoms with Gasteiger partial charge in [0.15, 0.2) is 0 Å². The number of nitrogens with one attached hydrogen (secondary N) is 1. The normalized spacial score (nSPS) is 15.4. The minimum absolute atomic E-state index is 0.152. The molecule has 0 aromatic heterocycles.